The lowest BCUT2D eigenvalue weighted by atomic mass is 9.76. The average Bonchev–Trinajstić information content (AvgIpc) is 2.88. The van der Waals surface area contributed by atoms with Crippen molar-refractivity contribution in [2.75, 3.05) is 0 Å². The van der Waals surface area contributed by atoms with Gasteiger partial charge in [0.05, 0.1) is 11.0 Å². The van der Waals surface area contributed by atoms with Crippen LogP contribution >= 0.6 is 0 Å². The molecular weight excluding hydrogens is 279 g/mol. The minimum atomic E-state index is -0.0704. The molecule has 2 nitrogen and oxygen atoms in total. The standard InChI is InChI=1S/C20H15BN2/c1-20(2)15-6-3-5-13-14-11-12(21)8-9-17(14)23(18(13)15)19-16(20)7-4-10-22-19/h3-11H,1-2H3. The first-order valence-electron chi connectivity index (χ1n) is 7.88. The second-order valence-electron chi connectivity index (χ2n) is 6.81. The van der Waals surface area contributed by atoms with E-state index >= 15 is 0 Å². The van der Waals surface area contributed by atoms with Gasteiger partial charge in [-0.2, -0.15) is 0 Å². The third kappa shape index (κ3) is 1.47. The summed E-state index contributed by atoms with van der Waals surface area (Å²) in [5, 5.41) is 2.44. The summed E-state index contributed by atoms with van der Waals surface area (Å²) in [6.07, 6.45) is 1.87. The summed E-state index contributed by atoms with van der Waals surface area (Å²) < 4.78 is 2.29. The van der Waals surface area contributed by atoms with Crippen LogP contribution in [0.1, 0.15) is 25.0 Å². The Morgan fingerprint density at radius 3 is 2.65 bits per heavy atom. The fourth-order valence-corrected chi connectivity index (χ4v) is 4.02. The lowest BCUT2D eigenvalue weighted by molar-refractivity contribution is 0.624. The van der Waals surface area contributed by atoms with Crippen molar-refractivity contribution in [3.63, 3.8) is 0 Å². The first kappa shape index (κ1) is 12.9. The summed E-state index contributed by atoms with van der Waals surface area (Å²) in [7, 11) is 6.04. The summed E-state index contributed by atoms with van der Waals surface area (Å²) in [4.78, 5) is 4.72. The third-order valence-corrected chi connectivity index (χ3v) is 5.16. The lowest BCUT2D eigenvalue weighted by Gasteiger charge is -2.33. The fourth-order valence-electron chi connectivity index (χ4n) is 4.02. The molecular formula is C20H15BN2. The van der Waals surface area contributed by atoms with Gasteiger partial charge in [0, 0.05) is 27.9 Å². The van der Waals surface area contributed by atoms with E-state index in [2.05, 4.69) is 54.8 Å². The number of aromatic nitrogens is 2. The molecule has 0 spiro atoms. The van der Waals surface area contributed by atoms with E-state index in [9.17, 15) is 0 Å². The zero-order valence-electron chi connectivity index (χ0n) is 13.2. The van der Waals surface area contributed by atoms with Gasteiger partial charge < -0.3 is 0 Å². The molecule has 3 heteroatoms. The molecule has 2 radical (unpaired) electrons. The van der Waals surface area contributed by atoms with Crippen LogP contribution in [0, 0.1) is 0 Å². The van der Waals surface area contributed by atoms with Crippen LogP contribution in [0.25, 0.3) is 27.6 Å². The van der Waals surface area contributed by atoms with Gasteiger partial charge in [-0.25, -0.2) is 4.98 Å². The van der Waals surface area contributed by atoms with E-state index in [0.29, 0.717) is 0 Å². The van der Waals surface area contributed by atoms with E-state index in [4.69, 9.17) is 12.8 Å². The fraction of sp³-hybridized carbons (Fsp3) is 0.150. The molecule has 0 N–H and O–H groups in total. The van der Waals surface area contributed by atoms with Gasteiger partial charge in [0.15, 0.2) is 0 Å². The Morgan fingerprint density at radius 1 is 0.957 bits per heavy atom. The van der Waals surface area contributed by atoms with E-state index < -0.39 is 0 Å². The number of nitrogens with zero attached hydrogens (tertiary/aromatic N) is 2. The Kier molecular flexibility index (Phi) is 2.28. The van der Waals surface area contributed by atoms with Gasteiger partial charge in [-0.05, 0) is 17.7 Å². The topological polar surface area (TPSA) is 17.8 Å². The van der Waals surface area contributed by atoms with E-state index in [0.717, 1.165) is 16.8 Å². The van der Waals surface area contributed by atoms with Crippen molar-refractivity contribution in [3.8, 4) is 5.82 Å². The molecule has 0 aliphatic carbocycles. The number of fused-ring (bicyclic) bond motifs is 5. The second-order valence-corrected chi connectivity index (χ2v) is 6.81. The second kappa shape index (κ2) is 4.05. The van der Waals surface area contributed by atoms with Gasteiger partial charge in [0.2, 0.25) is 0 Å². The number of para-hydroxylation sites is 1. The van der Waals surface area contributed by atoms with Gasteiger partial charge in [-0.1, -0.05) is 55.7 Å². The molecule has 1 aliphatic rings. The zero-order chi connectivity index (χ0) is 15.8. The molecule has 3 heterocycles. The van der Waals surface area contributed by atoms with Gasteiger partial charge in [-0.15, -0.1) is 0 Å². The van der Waals surface area contributed by atoms with Crippen LogP contribution in [-0.2, 0) is 5.41 Å². The summed E-state index contributed by atoms with van der Waals surface area (Å²) in [5.41, 5.74) is 5.74. The van der Waals surface area contributed by atoms with E-state index in [1.807, 2.05) is 18.3 Å². The number of rotatable bonds is 0. The predicted octanol–water partition coefficient (Wildman–Crippen LogP) is 3.61. The molecule has 0 amide bonds. The van der Waals surface area contributed by atoms with Crippen LogP contribution in [0.5, 0.6) is 0 Å². The summed E-state index contributed by atoms with van der Waals surface area (Å²) in [6, 6.07) is 16.9. The Bertz CT molecular complexity index is 1110. The minimum Gasteiger partial charge on any atom is -0.293 e. The molecule has 108 valence electrons. The first-order valence-corrected chi connectivity index (χ1v) is 7.88. The highest BCUT2D eigenvalue weighted by Crippen LogP contribution is 2.46. The van der Waals surface area contributed by atoms with E-state index in [-0.39, 0.29) is 5.41 Å². The monoisotopic (exact) mass is 294 g/mol. The van der Waals surface area contributed by atoms with Crippen molar-refractivity contribution in [1.29, 1.82) is 0 Å². The quantitative estimate of drug-likeness (QED) is 0.453. The van der Waals surface area contributed by atoms with Crippen LogP contribution in [0.2, 0.25) is 0 Å². The first-order chi connectivity index (χ1) is 11.1. The molecule has 0 atom stereocenters. The van der Waals surface area contributed by atoms with Crippen molar-refractivity contribution in [2.45, 2.75) is 19.3 Å². The summed E-state index contributed by atoms with van der Waals surface area (Å²) in [5.74, 6) is 1.03. The number of hydrogen-bond acceptors (Lipinski definition) is 1. The largest absolute Gasteiger partial charge is 0.293 e. The van der Waals surface area contributed by atoms with Crippen molar-refractivity contribution in [3.05, 3.63) is 65.9 Å². The normalized spacial score (nSPS) is 15.0. The minimum absolute atomic E-state index is 0.0704. The SMILES string of the molecule is [B]c1ccc2c(c1)c1cccc3c1n2-c1ncccc1C3(C)C. The van der Waals surface area contributed by atoms with Crippen LogP contribution < -0.4 is 5.46 Å². The smallest absolute Gasteiger partial charge is 0.141 e. The van der Waals surface area contributed by atoms with Crippen LogP contribution in [-0.4, -0.2) is 17.4 Å². The Hall–Kier alpha value is -2.55. The highest BCUT2D eigenvalue weighted by molar-refractivity contribution is 6.34. The highest BCUT2D eigenvalue weighted by Gasteiger charge is 2.35. The maximum Gasteiger partial charge on any atom is 0.141 e. The van der Waals surface area contributed by atoms with Crippen molar-refractivity contribution < 1.29 is 0 Å². The van der Waals surface area contributed by atoms with E-state index in [1.165, 1.54) is 27.4 Å². The average molecular weight is 294 g/mol. The predicted molar refractivity (Wildman–Crippen MR) is 96.1 cm³/mol. The van der Waals surface area contributed by atoms with Crippen LogP contribution in [0.4, 0.5) is 0 Å². The van der Waals surface area contributed by atoms with Crippen molar-refractivity contribution in [1.82, 2.24) is 9.55 Å². The molecule has 0 saturated heterocycles. The Balaban J connectivity index is 2.13. The molecule has 1 aliphatic heterocycles. The number of benzene rings is 2. The highest BCUT2D eigenvalue weighted by atomic mass is 15.1. The summed E-state index contributed by atoms with van der Waals surface area (Å²) >= 11 is 0. The molecule has 0 unspecified atom stereocenters. The van der Waals surface area contributed by atoms with Crippen LogP contribution in [0.15, 0.2) is 54.7 Å². The maximum atomic E-state index is 6.04. The molecule has 23 heavy (non-hydrogen) atoms. The molecule has 0 fully saturated rings. The molecule has 0 bridgehead atoms. The molecule has 5 rings (SSSR count). The Labute approximate surface area is 136 Å². The van der Waals surface area contributed by atoms with Gasteiger partial charge in [-0.3, -0.25) is 4.57 Å². The molecule has 4 aromatic rings. The Morgan fingerprint density at radius 2 is 1.78 bits per heavy atom. The van der Waals surface area contributed by atoms with Crippen LogP contribution in [0.3, 0.4) is 0 Å². The molecule has 2 aromatic carbocycles. The molecule has 0 saturated carbocycles. The zero-order valence-corrected chi connectivity index (χ0v) is 13.2. The maximum absolute atomic E-state index is 6.04. The molecule has 2 aromatic heterocycles. The summed E-state index contributed by atoms with van der Waals surface area (Å²) in [6.45, 7) is 4.55. The van der Waals surface area contributed by atoms with Gasteiger partial charge in [0.25, 0.3) is 0 Å². The van der Waals surface area contributed by atoms with Gasteiger partial charge >= 0.3 is 0 Å². The van der Waals surface area contributed by atoms with Gasteiger partial charge in [0.1, 0.15) is 13.7 Å². The number of hydrogen-bond donors (Lipinski definition) is 0. The van der Waals surface area contributed by atoms with Crippen molar-refractivity contribution >= 4 is 35.1 Å². The van der Waals surface area contributed by atoms with Crippen molar-refractivity contribution in [2.24, 2.45) is 0 Å². The number of pyridine rings is 1. The van der Waals surface area contributed by atoms with E-state index in [1.54, 1.807) is 0 Å². The third-order valence-electron chi connectivity index (χ3n) is 5.16. The lowest BCUT2D eigenvalue weighted by Crippen LogP contribution is -2.26.